The van der Waals surface area contributed by atoms with Crippen molar-refractivity contribution in [2.45, 2.75) is 19.4 Å². The van der Waals surface area contributed by atoms with Crippen molar-refractivity contribution in [2.75, 3.05) is 19.8 Å². The van der Waals surface area contributed by atoms with Crippen molar-refractivity contribution in [1.29, 1.82) is 0 Å². The van der Waals surface area contributed by atoms with Crippen LogP contribution in [0.4, 0.5) is 0 Å². The second-order valence-corrected chi connectivity index (χ2v) is 5.21. The molecule has 96 valence electrons. The summed E-state index contributed by atoms with van der Waals surface area (Å²) in [7, 11) is 0. The van der Waals surface area contributed by atoms with Gasteiger partial charge in [-0.3, -0.25) is 4.79 Å². The highest BCUT2D eigenvalue weighted by molar-refractivity contribution is 7.14. The Morgan fingerprint density at radius 1 is 1.72 bits per heavy atom. The number of rotatable bonds is 2. The van der Waals surface area contributed by atoms with Crippen LogP contribution in [0.3, 0.4) is 0 Å². The van der Waals surface area contributed by atoms with Crippen molar-refractivity contribution < 1.29 is 9.53 Å². The molecule has 0 spiro atoms. The van der Waals surface area contributed by atoms with Crippen LogP contribution in [0.5, 0.6) is 0 Å². The molecule has 3 N–H and O–H groups in total. The first-order valence-corrected chi connectivity index (χ1v) is 6.70. The molecular formula is C13H16N2O2S. The van der Waals surface area contributed by atoms with Crippen molar-refractivity contribution in [1.82, 2.24) is 5.32 Å². The largest absolute Gasteiger partial charge is 0.379 e. The predicted octanol–water partition coefficient (Wildman–Crippen LogP) is 0.885. The smallest absolute Gasteiger partial charge is 0.261 e. The zero-order valence-electron chi connectivity index (χ0n) is 10.3. The van der Waals surface area contributed by atoms with Crippen LogP contribution in [0.1, 0.15) is 26.5 Å². The van der Waals surface area contributed by atoms with Gasteiger partial charge in [0.1, 0.15) is 0 Å². The lowest BCUT2D eigenvalue weighted by Gasteiger charge is -2.08. The van der Waals surface area contributed by atoms with Crippen LogP contribution in [0.15, 0.2) is 6.07 Å². The van der Waals surface area contributed by atoms with Gasteiger partial charge in [-0.25, -0.2) is 0 Å². The SMILES string of the molecule is Cc1cc(C(=O)NC2CCOC2)sc1C#CCN. The fourth-order valence-electron chi connectivity index (χ4n) is 1.75. The normalized spacial score (nSPS) is 18.2. The minimum atomic E-state index is -0.0422. The molecule has 0 aliphatic carbocycles. The predicted molar refractivity (Wildman–Crippen MR) is 71.7 cm³/mol. The van der Waals surface area contributed by atoms with E-state index in [-0.39, 0.29) is 11.9 Å². The van der Waals surface area contributed by atoms with Crippen LogP contribution in [0.2, 0.25) is 0 Å². The zero-order chi connectivity index (χ0) is 13.0. The first kappa shape index (κ1) is 13.1. The maximum Gasteiger partial charge on any atom is 0.261 e. The number of carbonyl (C=O) groups is 1. The molecule has 1 aromatic heterocycles. The monoisotopic (exact) mass is 264 g/mol. The zero-order valence-corrected chi connectivity index (χ0v) is 11.1. The third kappa shape index (κ3) is 3.10. The maximum absolute atomic E-state index is 12.0. The van der Waals surface area contributed by atoms with Crippen molar-refractivity contribution in [2.24, 2.45) is 5.73 Å². The van der Waals surface area contributed by atoms with E-state index in [4.69, 9.17) is 10.5 Å². The third-order valence-corrected chi connectivity index (χ3v) is 3.86. The molecule has 1 unspecified atom stereocenters. The number of aryl methyl sites for hydroxylation is 1. The Kier molecular flexibility index (Phi) is 4.37. The summed E-state index contributed by atoms with van der Waals surface area (Å²) in [4.78, 5) is 13.6. The summed E-state index contributed by atoms with van der Waals surface area (Å²) in [5.41, 5.74) is 6.36. The molecule has 18 heavy (non-hydrogen) atoms. The van der Waals surface area contributed by atoms with Crippen LogP contribution >= 0.6 is 11.3 Å². The van der Waals surface area contributed by atoms with Gasteiger partial charge >= 0.3 is 0 Å². The quantitative estimate of drug-likeness (QED) is 0.780. The number of nitrogens with two attached hydrogens (primary N) is 1. The minimum Gasteiger partial charge on any atom is -0.379 e. The third-order valence-electron chi connectivity index (χ3n) is 2.71. The number of hydrogen-bond donors (Lipinski definition) is 2. The maximum atomic E-state index is 12.0. The summed E-state index contributed by atoms with van der Waals surface area (Å²) in [6, 6.07) is 2.01. The number of thiophene rings is 1. The highest BCUT2D eigenvalue weighted by Gasteiger charge is 2.20. The van der Waals surface area contributed by atoms with Crippen LogP contribution < -0.4 is 11.1 Å². The van der Waals surface area contributed by atoms with E-state index in [0.29, 0.717) is 18.0 Å². The molecule has 0 radical (unpaired) electrons. The van der Waals surface area contributed by atoms with Crippen LogP contribution in [0.25, 0.3) is 0 Å². The van der Waals surface area contributed by atoms with Gasteiger partial charge in [-0.1, -0.05) is 11.8 Å². The van der Waals surface area contributed by atoms with E-state index in [1.165, 1.54) is 11.3 Å². The second-order valence-electron chi connectivity index (χ2n) is 4.16. The van der Waals surface area contributed by atoms with Crippen molar-refractivity contribution in [3.05, 3.63) is 21.4 Å². The molecule has 2 heterocycles. The molecular weight excluding hydrogens is 248 g/mol. The van der Waals surface area contributed by atoms with E-state index >= 15 is 0 Å². The van der Waals surface area contributed by atoms with E-state index in [1.807, 2.05) is 13.0 Å². The number of ether oxygens (including phenoxy) is 1. The first-order chi connectivity index (χ1) is 8.70. The highest BCUT2D eigenvalue weighted by atomic mass is 32.1. The second kappa shape index (κ2) is 6.01. The minimum absolute atomic E-state index is 0.0422. The van der Waals surface area contributed by atoms with Crippen molar-refractivity contribution >= 4 is 17.2 Å². The Balaban J connectivity index is 2.06. The number of amides is 1. The highest BCUT2D eigenvalue weighted by Crippen LogP contribution is 2.21. The lowest BCUT2D eigenvalue weighted by atomic mass is 10.2. The van der Waals surface area contributed by atoms with Crippen LogP contribution in [-0.2, 0) is 4.74 Å². The van der Waals surface area contributed by atoms with Gasteiger partial charge < -0.3 is 15.8 Å². The number of carbonyl (C=O) groups excluding carboxylic acids is 1. The van der Waals surface area contributed by atoms with Gasteiger partial charge in [0.2, 0.25) is 0 Å². The van der Waals surface area contributed by atoms with Gasteiger partial charge in [0.15, 0.2) is 0 Å². The Hall–Kier alpha value is -1.35. The summed E-state index contributed by atoms with van der Waals surface area (Å²) in [5, 5.41) is 2.97. The average molecular weight is 264 g/mol. The lowest BCUT2D eigenvalue weighted by molar-refractivity contribution is 0.0934. The molecule has 0 saturated carbocycles. The van der Waals surface area contributed by atoms with E-state index in [9.17, 15) is 4.79 Å². The summed E-state index contributed by atoms with van der Waals surface area (Å²) >= 11 is 1.41. The molecule has 2 rings (SSSR count). The topological polar surface area (TPSA) is 64.3 Å². The average Bonchev–Trinajstić information content (AvgIpc) is 2.96. The summed E-state index contributed by atoms with van der Waals surface area (Å²) in [6.07, 6.45) is 0.885. The molecule has 0 bridgehead atoms. The van der Waals surface area contributed by atoms with E-state index in [0.717, 1.165) is 23.5 Å². The van der Waals surface area contributed by atoms with Crippen LogP contribution in [0, 0.1) is 18.8 Å². The van der Waals surface area contributed by atoms with Gasteiger partial charge in [0, 0.05) is 6.61 Å². The molecule has 1 amide bonds. The van der Waals surface area contributed by atoms with Gasteiger partial charge in [-0.2, -0.15) is 0 Å². The Morgan fingerprint density at radius 3 is 3.22 bits per heavy atom. The van der Waals surface area contributed by atoms with E-state index < -0.39 is 0 Å². The van der Waals surface area contributed by atoms with Crippen molar-refractivity contribution in [3.63, 3.8) is 0 Å². The molecule has 1 aliphatic heterocycles. The summed E-state index contributed by atoms with van der Waals surface area (Å²) in [5.74, 6) is 5.75. The first-order valence-electron chi connectivity index (χ1n) is 5.88. The molecule has 1 aliphatic rings. The summed E-state index contributed by atoms with van der Waals surface area (Å²) < 4.78 is 5.23. The lowest BCUT2D eigenvalue weighted by Crippen LogP contribution is -2.34. The molecule has 1 atom stereocenters. The fourth-order valence-corrected chi connectivity index (χ4v) is 2.70. The Morgan fingerprint density at radius 2 is 2.56 bits per heavy atom. The van der Waals surface area contributed by atoms with E-state index in [1.54, 1.807) is 0 Å². The fraction of sp³-hybridized carbons (Fsp3) is 0.462. The summed E-state index contributed by atoms with van der Waals surface area (Å²) in [6.45, 7) is 3.61. The standard InChI is InChI=1S/C13H16N2O2S/c1-9-7-12(18-11(9)3-2-5-14)13(16)15-10-4-6-17-8-10/h7,10H,4-6,8,14H2,1H3,(H,15,16). The molecule has 4 nitrogen and oxygen atoms in total. The molecule has 5 heteroatoms. The molecule has 0 aromatic carbocycles. The number of nitrogens with one attached hydrogen (secondary N) is 1. The Labute approximate surface area is 111 Å². The van der Waals surface area contributed by atoms with Gasteiger partial charge in [0.25, 0.3) is 5.91 Å². The molecule has 1 aromatic rings. The van der Waals surface area contributed by atoms with Crippen LogP contribution in [-0.4, -0.2) is 31.7 Å². The van der Waals surface area contributed by atoms with Crippen molar-refractivity contribution in [3.8, 4) is 11.8 Å². The molecule has 1 fully saturated rings. The number of hydrogen-bond acceptors (Lipinski definition) is 4. The Bertz CT molecular complexity index is 493. The van der Waals surface area contributed by atoms with E-state index in [2.05, 4.69) is 17.2 Å². The van der Waals surface area contributed by atoms with Gasteiger partial charge in [-0.15, -0.1) is 11.3 Å². The van der Waals surface area contributed by atoms with Gasteiger partial charge in [0.05, 0.1) is 28.9 Å². The molecule has 1 saturated heterocycles. The van der Waals surface area contributed by atoms with Gasteiger partial charge in [-0.05, 0) is 25.0 Å².